The fourth-order valence-corrected chi connectivity index (χ4v) is 2.92. The van der Waals surface area contributed by atoms with E-state index in [0.29, 0.717) is 13.1 Å². The molecule has 0 aromatic heterocycles. The van der Waals surface area contributed by atoms with Crippen molar-refractivity contribution < 1.29 is 14.3 Å². The van der Waals surface area contributed by atoms with Crippen LogP contribution in [0.4, 0.5) is 4.79 Å². The third kappa shape index (κ3) is 5.39. The number of carbonyl (C=O) groups excluding carboxylic acids is 1. The molecule has 0 spiro atoms. The highest BCUT2D eigenvalue weighted by Crippen LogP contribution is 2.24. The molecule has 1 amide bonds. The number of hydrogen-bond acceptors (Lipinski definition) is 4. The number of rotatable bonds is 3. The molecule has 0 atom stereocenters. The maximum atomic E-state index is 12.1. The maximum Gasteiger partial charge on any atom is 0.410 e. The average molecular weight is 385 g/mol. The molecular formula is C17H25BrN2O3. The monoisotopic (exact) mass is 384 g/mol. The Hall–Kier alpha value is -1.27. The standard InChI is InChI=1S/C17H25BrN2O3/c1-17(2,3)23-16(21)20-9-7-19(8-10-20)12-13-5-6-14(22-4)11-15(13)18/h5-6,11H,7-10,12H2,1-4H3. The lowest BCUT2D eigenvalue weighted by atomic mass is 10.2. The summed E-state index contributed by atoms with van der Waals surface area (Å²) in [7, 11) is 1.66. The van der Waals surface area contributed by atoms with E-state index in [1.54, 1.807) is 12.0 Å². The molecule has 0 N–H and O–H groups in total. The van der Waals surface area contributed by atoms with Crippen LogP contribution in [0.25, 0.3) is 0 Å². The zero-order valence-electron chi connectivity index (χ0n) is 14.3. The van der Waals surface area contributed by atoms with Crippen molar-refractivity contribution in [3.8, 4) is 5.75 Å². The minimum atomic E-state index is -0.442. The first-order valence-electron chi connectivity index (χ1n) is 7.81. The van der Waals surface area contributed by atoms with E-state index in [2.05, 4.69) is 26.9 Å². The molecule has 0 bridgehead atoms. The summed E-state index contributed by atoms with van der Waals surface area (Å²) < 4.78 is 11.7. The third-order valence-electron chi connectivity index (χ3n) is 3.68. The van der Waals surface area contributed by atoms with Gasteiger partial charge in [0.15, 0.2) is 0 Å². The molecule has 1 aliphatic heterocycles. The molecule has 1 fully saturated rings. The van der Waals surface area contributed by atoms with Crippen molar-refractivity contribution in [2.75, 3.05) is 33.3 Å². The van der Waals surface area contributed by atoms with Gasteiger partial charge >= 0.3 is 6.09 Å². The van der Waals surface area contributed by atoms with Crippen LogP contribution in [0.15, 0.2) is 22.7 Å². The Labute approximate surface area is 146 Å². The molecule has 6 heteroatoms. The number of piperazine rings is 1. The topological polar surface area (TPSA) is 42.0 Å². The van der Waals surface area contributed by atoms with Gasteiger partial charge in [-0.25, -0.2) is 4.79 Å². The minimum absolute atomic E-state index is 0.220. The zero-order valence-corrected chi connectivity index (χ0v) is 15.9. The highest BCUT2D eigenvalue weighted by Gasteiger charge is 2.25. The Morgan fingerprint density at radius 1 is 1.22 bits per heavy atom. The molecule has 0 unspecified atom stereocenters. The smallest absolute Gasteiger partial charge is 0.410 e. The van der Waals surface area contributed by atoms with E-state index in [1.165, 1.54) is 5.56 Å². The number of benzene rings is 1. The molecule has 2 rings (SSSR count). The molecule has 1 heterocycles. The van der Waals surface area contributed by atoms with E-state index < -0.39 is 5.60 Å². The minimum Gasteiger partial charge on any atom is -0.497 e. The molecule has 0 radical (unpaired) electrons. The van der Waals surface area contributed by atoms with Gasteiger partial charge in [0.2, 0.25) is 0 Å². The Kier molecular flexibility index (Phi) is 5.92. The zero-order chi connectivity index (χ0) is 17.0. The molecule has 1 saturated heterocycles. The second kappa shape index (κ2) is 7.53. The maximum absolute atomic E-state index is 12.1. The molecule has 23 heavy (non-hydrogen) atoms. The first-order valence-corrected chi connectivity index (χ1v) is 8.60. The highest BCUT2D eigenvalue weighted by molar-refractivity contribution is 9.10. The number of amides is 1. The number of nitrogens with zero attached hydrogens (tertiary/aromatic N) is 2. The van der Waals surface area contributed by atoms with Gasteiger partial charge in [0.05, 0.1) is 7.11 Å². The summed E-state index contributed by atoms with van der Waals surface area (Å²) in [5.74, 6) is 0.843. The quantitative estimate of drug-likeness (QED) is 0.799. The van der Waals surface area contributed by atoms with E-state index >= 15 is 0 Å². The van der Waals surface area contributed by atoms with E-state index in [4.69, 9.17) is 9.47 Å². The summed E-state index contributed by atoms with van der Waals surface area (Å²) in [4.78, 5) is 16.2. The summed E-state index contributed by atoms with van der Waals surface area (Å²) in [6.45, 7) is 9.61. The van der Waals surface area contributed by atoms with Crippen molar-refractivity contribution in [3.63, 3.8) is 0 Å². The Morgan fingerprint density at radius 3 is 2.39 bits per heavy atom. The van der Waals surface area contributed by atoms with Gasteiger partial charge in [0, 0.05) is 37.2 Å². The van der Waals surface area contributed by atoms with Crippen molar-refractivity contribution in [3.05, 3.63) is 28.2 Å². The van der Waals surface area contributed by atoms with Crippen molar-refractivity contribution in [2.45, 2.75) is 32.9 Å². The third-order valence-corrected chi connectivity index (χ3v) is 4.42. The van der Waals surface area contributed by atoms with Gasteiger partial charge in [0.1, 0.15) is 11.4 Å². The van der Waals surface area contributed by atoms with Crippen LogP contribution in [0.1, 0.15) is 26.3 Å². The Balaban J connectivity index is 1.86. The molecule has 5 nitrogen and oxygen atoms in total. The lowest BCUT2D eigenvalue weighted by Gasteiger charge is -2.35. The van der Waals surface area contributed by atoms with Crippen LogP contribution in [0.2, 0.25) is 0 Å². The van der Waals surface area contributed by atoms with E-state index in [-0.39, 0.29) is 6.09 Å². The predicted molar refractivity (Wildman–Crippen MR) is 93.8 cm³/mol. The number of carbonyl (C=O) groups is 1. The summed E-state index contributed by atoms with van der Waals surface area (Å²) in [5.41, 5.74) is 0.777. The molecule has 1 aromatic carbocycles. The molecule has 1 aromatic rings. The highest BCUT2D eigenvalue weighted by atomic mass is 79.9. The largest absolute Gasteiger partial charge is 0.497 e. The van der Waals surface area contributed by atoms with Gasteiger partial charge in [-0.05, 0) is 38.5 Å². The fourth-order valence-electron chi connectivity index (χ4n) is 2.44. The van der Waals surface area contributed by atoms with E-state index in [0.717, 1.165) is 29.9 Å². The normalized spacial score (nSPS) is 16.3. The van der Waals surface area contributed by atoms with Gasteiger partial charge < -0.3 is 14.4 Å². The van der Waals surface area contributed by atoms with Crippen LogP contribution >= 0.6 is 15.9 Å². The Bertz CT molecular complexity index is 549. The van der Waals surface area contributed by atoms with E-state index in [9.17, 15) is 4.79 Å². The van der Waals surface area contributed by atoms with Gasteiger partial charge in [0.25, 0.3) is 0 Å². The molecule has 0 saturated carbocycles. The van der Waals surface area contributed by atoms with Crippen LogP contribution in [-0.2, 0) is 11.3 Å². The lowest BCUT2D eigenvalue weighted by Crippen LogP contribution is -2.49. The van der Waals surface area contributed by atoms with Gasteiger partial charge in [-0.2, -0.15) is 0 Å². The summed E-state index contributed by atoms with van der Waals surface area (Å²) in [6.07, 6.45) is -0.220. The van der Waals surface area contributed by atoms with Crippen LogP contribution in [-0.4, -0.2) is 54.8 Å². The second-order valence-electron chi connectivity index (χ2n) is 6.70. The van der Waals surface area contributed by atoms with Crippen molar-refractivity contribution >= 4 is 22.0 Å². The van der Waals surface area contributed by atoms with Crippen LogP contribution in [0, 0.1) is 0 Å². The molecular weight excluding hydrogens is 360 g/mol. The van der Waals surface area contributed by atoms with Crippen LogP contribution < -0.4 is 4.74 Å². The lowest BCUT2D eigenvalue weighted by molar-refractivity contribution is 0.0139. The summed E-state index contributed by atoms with van der Waals surface area (Å²) in [5, 5.41) is 0. The fraction of sp³-hybridized carbons (Fsp3) is 0.588. The second-order valence-corrected chi connectivity index (χ2v) is 7.56. The number of ether oxygens (including phenoxy) is 2. The number of hydrogen-bond donors (Lipinski definition) is 0. The van der Waals surface area contributed by atoms with Gasteiger partial charge in [-0.1, -0.05) is 22.0 Å². The SMILES string of the molecule is COc1ccc(CN2CCN(C(=O)OC(C)(C)C)CC2)c(Br)c1. The van der Waals surface area contributed by atoms with Gasteiger partial charge in [-0.3, -0.25) is 4.90 Å². The van der Waals surface area contributed by atoms with Crippen molar-refractivity contribution in [1.82, 2.24) is 9.80 Å². The predicted octanol–water partition coefficient (Wildman–Crippen LogP) is 3.51. The molecule has 128 valence electrons. The number of halogens is 1. The summed E-state index contributed by atoms with van der Waals surface area (Å²) in [6, 6.07) is 6.02. The van der Waals surface area contributed by atoms with Crippen molar-refractivity contribution in [1.29, 1.82) is 0 Å². The van der Waals surface area contributed by atoms with Gasteiger partial charge in [-0.15, -0.1) is 0 Å². The average Bonchev–Trinajstić information content (AvgIpc) is 2.48. The first kappa shape index (κ1) is 18.1. The van der Waals surface area contributed by atoms with Crippen LogP contribution in [0.3, 0.4) is 0 Å². The molecule has 1 aliphatic rings. The summed E-state index contributed by atoms with van der Waals surface area (Å²) >= 11 is 3.59. The molecule has 0 aliphatic carbocycles. The van der Waals surface area contributed by atoms with Crippen LogP contribution in [0.5, 0.6) is 5.75 Å². The van der Waals surface area contributed by atoms with E-state index in [1.807, 2.05) is 32.9 Å². The first-order chi connectivity index (χ1) is 10.8. The Morgan fingerprint density at radius 2 is 1.87 bits per heavy atom. The van der Waals surface area contributed by atoms with Crippen molar-refractivity contribution in [2.24, 2.45) is 0 Å². The number of methoxy groups -OCH3 is 1.